The molecule has 1 nitrogen and oxygen atoms in total. The van der Waals surface area contributed by atoms with Gasteiger partial charge >= 0.3 is 60.7 Å². The zero-order valence-corrected chi connectivity index (χ0v) is 10.6. The van der Waals surface area contributed by atoms with Gasteiger partial charge in [-0.1, -0.05) is 0 Å². The Morgan fingerprint density at radius 3 is 2.11 bits per heavy atom. The van der Waals surface area contributed by atoms with Crippen molar-refractivity contribution in [1.29, 1.82) is 0 Å². The summed E-state index contributed by atoms with van der Waals surface area (Å²) < 4.78 is 1.10. The zero-order valence-electron chi connectivity index (χ0n) is 5.97. The molecule has 0 radical (unpaired) electrons. The molecule has 1 saturated heterocycles. The van der Waals surface area contributed by atoms with Gasteiger partial charge in [-0.3, -0.25) is 0 Å². The third kappa shape index (κ3) is 3.69. The fourth-order valence-corrected chi connectivity index (χ4v) is 1.83. The number of likely N-dealkylation sites (tertiary alicyclic amines) is 1. The Kier molecular flexibility index (Phi) is 5.38. The monoisotopic (exact) mass is 242 g/mol. The van der Waals surface area contributed by atoms with E-state index in [0.717, 1.165) is 4.51 Å². The van der Waals surface area contributed by atoms with Gasteiger partial charge in [0.25, 0.3) is 0 Å². The van der Waals surface area contributed by atoms with E-state index >= 15 is 0 Å². The van der Waals surface area contributed by atoms with Gasteiger partial charge in [-0.25, -0.2) is 0 Å². The molecule has 0 spiro atoms. The number of rotatable bonds is 0. The molecule has 1 heterocycles. The zero-order chi connectivity index (χ0) is 5.98. The van der Waals surface area contributed by atoms with E-state index in [4.69, 9.17) is 0 Å². The van der Waals surface area contributed by atoms with E-state index < -0.39 is 0 Å². The van der Waals surface area contributed by atoms with Gasteiger partial charge in [0, 0.05) is 0 Å². The van der Waals surface area contributed by atoms with Gasteiger partial charge in [-0.15, -0.1) is 17.0 Å². The molecule has 0 atom stereocenters. The molecule has 3 heteroatoms. The summed E-state index contributed by atoms with van der Waals surface area (Å²) in [5, 5.41) is 0. The number of hydrogen-bond donors (Lipinski definition) is 0. The van der Waals surface area contributed by atoms with Crippen molar-refractivity contribution in [2.45, 2.75) is 17.4 Å². The normalized spacial score (nSPS) is 23.4. The second-order valence-corrected chi connectivity index (χ2v) is 5.17. The standard InChI is InChI=1S/C6H12N.BrH.Zn/c1-7-5-3-2-4-6-7;;/h2H,3-6H2,1H3;1H;. The van der Waals surface area contributed by atoms with Crippen LogP contribution in [0.3, 0.4) is 0 Å². The van der Waals surface area contributed by atoms with E-state index in [2.05, 4.69) is 11.9 Å². The van der Waals surface area contributed by atoms with Crippen LogP contribution in [0.5, 0.6) is 0 Å². The molecule has 0 aromatic rings. The summed E-state index contributed by atoms with van der Waals surface area (Å²) >= 11 is 1.51. The average molecular weight is 244 g/mol. The SMILES string of the molecule is Br.CN1CC[CH]([Zn])CC1. The molecule has 1 fully saturated rings. The number of hydrogen-bond acceptors (Lipinski definition) is 1. The topological polar surface area (TPSA) is 3.24 Å². The van der Waals surface area contributed by atoms with E-state index in [1.54, 1.807) is 0 Å². The Morgan fingerprint density at radius 1 is 1.33 bits per heavy atom. The number of piperidine rings is 1. The molecule has 1 aliphatic rings. The van der Waals surface area contributed by atoms with Gasteiger partial charge in [0.05, 0.1) is 0 Å². The number of halogens is 1. The van der Waals surface area contributed by atoms with Crippen LogP contribution < -0.4 is 0 Å². The predicted octanol–water partition coefficient (Wildman–Crippen LogP) is 1.63. The van der Waals surface area contributed by atoms with Crippen LogP contribution in [0.25, 0.3) is 0 Å². The maximum atomic E-state index is 2.42. The predicted molar refractivity (Wildman–Crippen MR) is 40.8 cm³/mol. The molecule has 51 valence electrons. The second kappa shape index (κ2) is 4.81. The summed E-state index contributed by atoms with van der Waals surface area (Å²) in [5.41, 5.74) is 0. The first-order valence-electron chi connectivity index (χ1n) is 3.30. The minimum atomic E-state index is 0. The van der Waals surface area contributed by atoms with Crippen LogP contribution in [0.4, 0.5) is 0 Å². The van der Waals surface area contributed by atoms with Gasteiger partial charge in [0.15, 0.2) is 0 Å². The first-order chi connectivity index (χ1) is 3.79. The van der Waals surface area contributed by atoms with Crippen LogP contribution in [-0.4, -0.2) is 25.0 Å². The Labute approximate surface area is 77.6 Å². The molecule has 0 unspecified atom stereocenters. The molecule has 0 aromatic carbocycles. The molecule has 0 aliphatic carbocycles. The van der Waals surface area contributed by atoms with Crippen molar-refractivity contribution < 1.29 is 18.3 Å². The Balaban J connectivity index is 0.000000640. The van der Waals surface area contributed by atoms with Gasteiger partial charge < -0.3 is 0 Å². The summed E-state index contributed by atoms with van der Waals surface area (Å²) in [5.74, 6) is 0. The van der Waals surface area contributed by atoms with Crippen LogP contribution in [-0.2, 0) is 18.3 Å². The van der Waals surface area contributed by atoms with E-state index in [1.165, 1.54) is 44.2 Å². The molecular weight excluding hydrogens is 231 g/mol. The van der Waals surface area contributed by atoms with Crippen LogP contribution in [0.1, 0.15) is 12.8 Å². The molecule has 0 aromatic heterocycles. The van der Waals surface area contributed by atoms with E-state index in [-0.39, 0.29) is 17.0 Å². The summed E-state index contributed by atoms with van der Waals surface area (Å²) in [6.45, 7) is 2.68. The fraction of sp³-hybridized carbons (Fsp3) is 1.00. The summed E-state index contributed by atoms with van der Waals surface area (Å²) in [4.78, 5) is 2.42. The average Bonchev–Trinajstić information content (AvgIpc) is 1.77. The molecule has 0 bridgehead atoms. The van der Waals surface area contributed by atoms with Crippen LogP contribution in [0, 0.1) is 0 Å². The molecule has 9 heavy (non-hydrogen) atoms. The first-order valence-corrected chi connectivity index (χ1v) is 5.02. The third-order valence-electron chi connectivity index (χ3n) is 1.84. The van der Waals surface area contributed by atoms with Crippen molar-refractivity contribution in [3.63, 3.8) is 0 Å². The van der Waals surface area contributed by atoms with Crippen molar-refractivity contribution in [2.24, 2.45) is 0 Å². The van der Waals surface area contributed by atoms with Crippen molar-refractivity contribution in [1.82, 2.24) is 4.90 Å². The molecule has 0 N–H and O–H groups in total. The summed E-state index contributed by atoms with van der Waals surface area (Å²) in [6.07, 6.45) is 2.91. The molecule has 0 saturated carbocycles. The van der Waals surface area contributed by atoms with Crippen molar-refractivity contribution >= 4 is 17.0 Å². The second-order valence-electron chi connectivity index (χ2n) is 2.75. The van der Waals surface area contributed by atoms with Crippen molar-refractivity contribution in [2.75, 3.05) is 20.1 Å². The minimum absolute atomic E-state index is 0. The number of nitrogens with zero attached hydrogens (tertiary/aromatic N) is 1. The van der Waals surface area contributed by atoms with E-state index in [9.17, 15) is 0 Å². The molecule has 0 amide bonds. The summed E-state index contributed by atoms with van der Waals surface area (Å²) in [6, 6.07) is 0. The first kappa shape index (κ1) is 10.1. The van der Waals surface area contributed by atoms with Crippen LogP contribution >= 0.6 is 17.0 Å². The Morgan fingerprint density at radius 2 is 1.78 bits per heavy atom. The van der Waals surface area contributed by atoms with Gasteiger partial charge in [0.1, 0.15) is 0 Å². The van der Waals surface area contributed by atoms with Crippen LogP contribution in [0.2, 0.25) is 4.51 Å². The molecule has 1 aliphatic heterocycles. The Bertz CT molecular complexity index is 61.5. The van der Waals surface area contributed by atoms with Gasteiger partial charge in [-0.05, 0) is 0 Å². The maximum absolute atomic E-state index is 2.42. The third-order valence-corrected chi connectivity index (χ3v) is 3.55. The van der Waals surface area contributed by atoms with Gasteiger partial charge in [0.2, 0.25) is 0 Å². The molecular formula is C6H13BrNZn. The molecule has 1 rings (SSSR count). The van der Waals surface area contributed by atoms with Gasteiger partial charge in [-0.2, -0.15) is 0 Å². The quantitative estimate of drug-likeness (QED) is 0.586. The fourth-order valence-electron chi connectivity index (χ4n) is 1.06. The van der Waals surface area contributed by atoms with E-state index in [0.29, 0.717) is 0 Å². The van der Waals surface area contributed by atoms with Crippen molar-refractivity contribution in [3.8, 4) is 0 Å². The van der Waals surface area contributed by atoms with Crippen LogP contribution in [0.15, 0.2) is 0 Å². The van der Waals surface area contributed by atoms with Crippen molar-refractivity contribution in [3.05, 3.63) is 0 Å². The summed E-state index contributed by atoms with van der Waals surface area (Å²) in [7, 11) is 2.21. The Hall–Kier alpha value is 1.06. The van der Waals surface area contributed by atoms with E-state index in [1.807, 2.05) is 0 Å².